The van der Waals surface area contributed by atoms with Crippen molar-refractivity contribution in [3.8, 4) is 0 Å². The van der Waals surface area contributed by atoms with Gasteiger partial charge in [-0.1, -0.05) is 0 Å². The highest BCUT2D eigenvalue weighted by Crippen LogP contribution is 1.94. The molecule has 0 aliphatic heterocycles. The van der Waals surface area contributed by atoms with Crippen LogP contribution in [0.4, 0.5) is 0 Å². The molecule has 0 radical (unpaired) electrons. The molecule has 0 bridgehead atoms. The largest absolute Gasteiger partial charge is 0.481 e. The minimum Gasteiger partial charge on any atom is -0.481 e. The highest BCUT2D eigenvalue weighted by atomic mass is 16.4. The van der Waals surface area contributed by atoms with Crippen molar-refractivity contribution in [1.29, 1.82) is 0 Å². The average Bonchev–Trinajstić information content (AvgIpc) is 2.53. The third kappa shape index (κ3) is 15.4. The topological polar surface area (TPSA) is 142 Å². The number of aliphatic carboxylic acids is 1. The quantitative estimate of drug-likeness (QED) is 0.199. The summed E-state index contributed by atoms with van der Waals surface area (Å²) >= 11 is 0. The lowest BCUT2D eigenvalue weighted by atomic mass is 10.1. The summed E-state index contributed by atoms with van der Waals surface area (Å²) in [5.74, 6) is -1.22. The fraction of sp³-hybridized carbons (Fsp3) is 0.867. The van der Waals surface area contributed by atoms with Crippen molar-refractivity contribution in [2.24, 2.45) is 11.5 Å². The van der Waals surface area contributed by atoms with Gasteiger partial charge in [0, 0.05) is 13.0 Å². The van der Waals surface area contributed by atoms with E-state index in [1.165, 1.54) is 0 Å². The molecule has 0 aromatic rings. The fourth-order valence-corrected chi connectivity index (χ4v) is 1.94. The van der Waals surface area contributed by atoms with E-state index in [0.29, 0.717) is 6.54 Å². The van der Waals surface area contributed by atoms with E-state index >= 15 is 0 Å². The van der Waals surface area contributed by atoms with Gasteiger partial charge in [0.1, 0.15) is 0 Å². The SMILES string of the molecule is NCCCNCCCCNCCCNC(=O)[C@@H](N)CCC(=O)O. The van der Waals surface area contributed by atoms with Crippen molar-refractivity contribution >= 4 is 11.9 Å². The molecule has 0 fully saturated rings. The minimum atomic E-state index is -0.938. The Bertz CT molecular complexity index is 315. The number of nitrogens with one attached hydrogen (secondary N) is 3. The van der Waals surface area contributed by atoms with Crippen LogP contribution in [0.5, 0.6) is 0 Å². The molecule has 0 heterocycles. The van der Waals surface area contributed by atoms with Crippen molar-refractivity contribution in [3.05, 3.63) is 0 Å². The second kappa shape index (κ2) is 15.7. The first-order valence-electron chi connectivity index (χ1n) is 8.44. The monoisotopic (exact) mass is 331 g/mol. The van der Waals surface area contributed by atoms with Gasteiger partial charge in [0.05, 0.1) is 6.04 Å². The molecule has 0 aliphatic carbocycles. The molecular weight excluding hydrogens is 298 g/mol. The summed E-state index contributed by atoms with van der Waals surface area (Å²) in [6.07, 6.45) is 4.17. The van der Waals surface area contributed by atoms with Gasteiger partial charge in [-0.15, -0.1) is 0 Å². The maximum atomic E-state index is 11.6. The summed E-state index contributed by atoms with van der Waals surface area (Å²) in [6, 6.07) is -0.745. The van der Waals surface area contributed by atoms with Gasteiger partial charge in [0.25, 0.3) is 0 Å². The van der Waals surface area contributed by atoms with Gasteiger partial charge in [-0.25, -0.2) is 0 Å². The van der Waals surface area contributed by atoms with E-state index in [1.54, 1.807) is 0 Å². The smallest absolute Gasteiger partial charge is 0.303 e. The second-order valence-corrected chi connectivity index (χ2v) is 5.53. The van der Waals surface area contributed by atoms with E-state index in [2.05, 4.69) is 16.0 Å². The second-order valence-electron chi connectivity index (χ2n) is 5.53. The molecule has 0 spiro atoms. The molecular formula is C15H33N5O3. The Kier molecular flexibility index (Phi) is 14.8. The molecule has 0 aliphatic rings. The summed E-state index contributed by atoms with van der Waals surface area (Å²) in [7, 11) is 0. The number of hydrogen-bond acceptors (Lipinski definition) is 6. The summed E-state index contributed by atoms with van der Waals surface area (Å²) in [6.45, 7) is 5.09. The number of hydrogen-bond donors (Lipinski definition) is 6. The summed E-state index contributed by atoms with van der Waals surface area (Å²) in [5, 5.41) is 17.9. The van der Waals surface area contributed by atoms with Crippen LogP contribution in [-0.2, 0) is 9.59 Å². The van der Waals surface area contributed by atoms with Crippen molar-refractivity contribution in [2.45, 2.75) is 44.6 Å². The first-order valence-corrected chi connectivity index (χ1v) is 8.44. The van der Waals surface area contributed by atoms with Crippen LogP contribution in [0.1, 0.15) is 38.5 Å². The van der Waals surface area contributed by atoms with E-state index in [1.807, 2.05) is 0 Å². The standard InChI is InChI=1S/C15H33N5O3/c16-7-3-10-18-8-1-2-9-19-11-4-12-20-15(23)13(17)5-6-14(21)22/h13,18-19H,1-12,16-17H2,(H,20,23)(H,21,22)/t13-/m0/s1. The lowest BCUT2D eigenvalue weighted by molar-refractivity contribution is -0.137. The van der Waals surface area contributed by atoms with Gasteiger partial charge in [-0.3, -0.25) is 9.59 Å². The van der Waals surface area contributed by atoms with Crippen LogP contribution in [0.3, 0.4) is 0 Å². The van der Waals surface area contributed by atoms with E-state index < -0.39 is 12.0 Å². The van der Waals surface area contributed by atoms with Gasteiger partial charge in [0.15, 0.2) is 0 Å². The molecule has 0 unspecified atom stereocenters. The fourth-order valence-electron chi connectivity index (χ4n) is 1.94. The van der Waals surface area contributed by atoms with Crippen LogP contribution in [0.15, 0.2) is 0 Å². The van der Waals surface area contributed by atoms with E-state index in [-0.39, 0.29) is 18.7 Å². The zero-order valence-electron chi connectivity index (χ0n) is 14.0. The third-order valence-electron chi connectivity index (χ3n) is 3.35. The number of amides is 1. The molecule has 0 aromatic heterocycles. The molecule has 0 aromatic carbocycles. The van der Waals surface area contributed by atoms with Crippen LogP contribution in [0.25, 0.3) is 0 Å². The highest BCUT2D eigenvalue weighted by molar-refractivity contribution is 5.82. The summed E-state index contributed by atoms with van der Waals surface area (Å²) in [4.78, 5) is 22.0. The van der Waals surface area contributed by atoms with E-state index in [0.717, 1.165) is 58.4 Å². The molecule has 23 heavy (non-hydrogen) atoms. The summed E-state index contributed by atoms with van der Waals surface area (Å²) in [5.41, 5.74) is 11.0. The number of rotatable bonds is 16. The van der Waals surface area contributed by atoms with Crippen LogP contribution < -0.4 is 27.4 Å². The Hall–Kier alpha value is -1.22. The van der Waals surface area contributed by atoms with Crippen LogP contribution >= 0.6 is 0 Å². The average molecular weight is 331 g/mol. The molecule has 8 N–H and O–H groups in total. The molecule has 136 valence electrons. The Morgan fingerprint density at radius 1 is 0.913 bits per heavy atom. The van der Waals surface area contributed by atoms with Crippen molar-refractivity contribution < 1.29 is 14.7 Å². The van der Waals surface area contributed by atoms with Gasteiger partial charge in [-0.05, 0) is 64.8 Å². The number of nitrogens with two attached hydrogens (primary N) is 2. The molecule has 1 amide bonds. The molecule has 8 heteroatoms. The zero-order valence-corrected chi connectivity index (χ0v) is 14.0. The number of carbonyl (C=O) groups is 2. The summed E-state index contributed by atoms with van der Waals surface area (Å²) < 4.78 is 0. The van der Waals surface area contributed by atoms with Gasteiger partial charge >= 0.3 is 5.97 Å². The Labute approximate surface area is 138 Å². The Morgan fingerprint density at radius 3 is 2.04 bits per heavy atom. The minimum absolute atomic E-state index is 0.0861. The molecule has 1 atom stereocenters. The van der Waals surface area contributed by atoms with Crippen molar-refractivity contribution in [2.75, 3.05) is 39.3 Å². The number of carboxylic acid groups (broad SMARTS) is 1. The lowest BCUT2D eigenvalue weighted by Gasteiger charge is -2.11. The number of carboxylic acids is 1. The van der Waals surface area contributed by atoms with Crippen LogP contribution in [0.2, 0.25) is 0 Å². The first-order chi connectivity index (χ1) is 11.1. The maximum Gasteiger partial charge on any atom is 0.303 e. The Morgan fingerprint density at radius 2 is 1.48 bits per heavy atom. The van der Waals surface area contributed by atoms with Crippen molar-refractivity contribution in [1.82, 2.24) is 16.0 Å². The first kappa shape index (κ1) is 21.8. The lowest BCUT2D eigenvalue weighted by Crippen LogP contribution is -2.41. The predicted octanol–water partition coefficient (Wildman–Crippen LogP) is -1.01. The van der Waals surface area contributed by atoms with Crippen LogP contribution in [-0.4, -0.2) is 62.3 Å². The Balaban J connectivity index is 3.29. The molecule has 0 saturated carbocycles. The zero-order chi connectivity index (χ0) is 17.3. The maximum absolute atomic E-state index is 11.6. The number of unbranched alkanes of at least 4 members (excludes halogenated alkanes) is 1. The normalized spacial score (nSPS) is 12.1. The van der Waals surface area contributed by atoms with Crippen LogP contribution in [0, 0.1) is 0 Å². The molecule has 8 nitrogen and oxygen atoms in total. The molecule has 0 rings (SSSR count). The highest BCUT2D eigenvalue weighted by Gasteiger charge is 2.13. The molecule has 0 saturated heterocycles. The van der Waals surface area contributed by atoms with E-state index in [9.17, 15) is 9.59 Å². The van der Waals surface area contributed by atoms with Gasteiger partial charge < -0.3 is 32.5 Å². The van der Waals surface area contributed by atoms with Gasteiger partial charge in [0.2, 0.25) is 5.91 Å². The number of carbonyl (C=O) groups excluding carboxylic acids is 1. The van der Waals surface area contributed by atoms with Gasteiger partial charge in [-0.2, -0.15) is 0 Å². The van der Waals surface area contributed by atoms with Crippen molar-refractivity contribution in [3.63, 3.8) is 0 Å². The van der Waals surface area contributed by atoms with E-state index in [4.69, 9.17) is 16.6 Å². The predicted molar refractivity (Wildman–Crippen MR) is 91.1 cm³/mol. The third-order valence-corrected chi connectivity index (χ3v) is 3.35.